The van der Waals surface area contributed by atoms with Gasteiger partial charge in [-0.3, -0.25) is 4.79 Å². The zero-order valence-electron chi connectivity index (χ0n) is 8.77. The number of hydrogen-bond acceptors (Lipinski definition) is 1. The molecule has 0 heterocycles. The van der Waals surface area contributed by atoms with Gasteiger partial charge in [0.1, 0.15) is 0 Å². The molecule has 0 fully saturated rings. The molecule has 1 aromatic rings. The maximum atomic E-state index is 12.0. The van der Waals surface area contributed by atoms with Gasteiger partial charge in [0.25, 0.3) is 5.91 Å². The Hall–Kier alpha value is 0.380. The fourth-order valence-corrected chi connectivity index (χ4v) is 2.84. The van der Waals surface area contributed by atoms with Gasteiger partial charge in [-0.15, -0.1) is 0 Å². The van der Waals surface area contributed by atoms with Gasteiger partial charge in [-0.1, -0.05) is 31.9 Å². The first kappa shape index (κ1) is 14.4. The molecule has 1 N–H and O–H groups in total. The van der Waals surface area contributed by atoms with E-state index in [2.05, 4.69) is 59.8 Å². The Morgan fingerprint density at radius 2 is 2.25 bits per heavy atom. The minimum atomic E-state index is -0.0147. The second-order valence-electron chi connectivity index (χ2n) is 3.48. The Kier molecular flexibility index (Phi) is 6.28. The molecule has 0 spiro atoms. The van der Waals surface area contributed by atoms with Crippen molar-refractivity contribution >= 4 is 60.4 Å². The molecule has 5 heteroatoms. The van der Waals surface area contributed by atoms with Crippen LogP contribution in [0, 0.1) is 3.57 Å². The number of halogens is 3. The molecule has 1 amide bonds. The van der Waals surface area contributed by atoms with Crippen molar-refractivity contribution < 1.29 is 4.79 Å². The van der Waals surface area contributed by atoms with Gasteiger partial charge in [0, 0.05) is 19.4 Å². The second kappa shape index (κ2) is 6.96. The molecule has 1 aromatic carbocycles. The van der Waals surface area contributed by atoms with E-state index in [1.54, 1.807) is 0 Å². The first-order chi connectivity index (χ1) is 7.54. The van der Waals surface area contributed by atoms with Crippen LogP contribution in [0.25, 0.3) is 0 Å². The molecule has 16 heavy (non-hydrogen) atoms. The van der Waals surface area contributed by atoms with Gasteiger partial charge < -0.3 is 5.32 Å². The topological polar surface area (TPSA) is 29.1 Å². The van der Waals surface area contributed by atoms with E-state index < -0.39 is 0 Å². The highest BCUT2D eigenvalue weighted by atomic mass is 127. The smallest absolute Gasteiger partial charge is 0.252 e. The fraction of sp³-hybridized carbons (Fsp3) is 0.364. The van der Waals surface area contributed by atoms with Crippen LogP contribution in [0.4, 0.5) is 0 Å². The number of carbonyl (C=O) groups is 1. The maximum Gasteiger partial charge on any atom is 0.252 e. The van der Waals surface area contributed by atoms with Crippen LogP contribution in [0.5, 0.6) is 0 Å². The van der Waals surface area contributed by atoms with E-state index in [0.717, 1.165) is 25.4 Å². The lowest BCUT2D eigenvalue weighted by molar-refractivity contribution is 0.0938. The van der Waals surface area contributed by atoms with E-state index >= 15 is 0 Å². The minimum absolute atomic E-state index is 0.0147. The summed E-state index contributed by atoms with van der Waals surface area (Å²) in [5.41, 5.74) is 0.719. The number of nitrogens with one attached hydrogen (secondary N) is 1. The van der Waals surface area contributed by atoms with E-state index in [0.29, 0.717) is 0 Å². The maximum absolute atomic E-state index is 12.0. The molecule has 2 nitrogen and oxygen atoms in total. The average molecular weight is 461 g/mol. The predicted octanol–water partition coefficient (Wildman–Crippen LogP) is 3.96. The Morgan fingerprint density at radius 3 is 2.88 bits per heavy atom. The van der Waals surface area contributed by atoms with Crippen LogP contribution in [0.3, 0.4) is 0 Å². The van der Waals surface area contributed by atoms with Crippen molar-refractivity contribution in [3.05, 3.63) is 31.8 Å². The summed E-state index contributed by atoms with van der Waals surface area (Å²) in [5.74, 6) is -0.0147. The molecule has 0 saturated carbocycles. The third-order valence-corrected chi connectivity index (χ3v) is 3.98. The van der Waals surface area contributed by atoms with Crippen LogP contribution in [0.2, 0.25) is 0 Å². The normalized spacial score (nSPS) is 12.2. The molecule has 0 aliphatic heterocycles. The molecule has 0 aliphatic rings. The van der Waals surface area contributed by atoms with Crippen molar-refractivity contribution in [2.75, 3.05) is 5.33 Å². The van der Waals surface area contributed by atoms with Gasteiger partial charge in [0.05, 0.1) is 5.56 Å². The van der Waals surface area contributed by atoms with Gasteiger partial charge in [-0.05, 0) is 54.1 Å². The number of alkyl halides is 1. The largest absolute Gasteiger partial charge is 0.350 e. The van der Waals surface area contributed by atoms with Gasteiger partial charge in [0.15, 0.2) is 0 Å². The summed E-state index contributed by atoms with van der Waals surface area (Å²) in [6.45, 7) is 2.00. The average Bonchev–Trinajstić information content (AvgIpc) is 2.21. The van der Waals surface area contributed by atoms with E-state index in [1.165, 1.54) is 0 Å². The van der Waals surface area contributed by atoms with Gasteiger partial charge in [-0.25, -0.2) is 0 Å². The highest BCUT2D eigenvalue weighted by molar-refractivity contribution is 14.1. The summed E-state index contributed by atoms with van der Waals surface area (Å²) < 4.78 is 1.88. The third kappa shape index (κ3) is 4.33. The van der Waals surface area contributed by atoms with Crippen LogP contribution >= 0.6 is 54.5 Å². The molecule has 1 unspecified atom stereocenters. The summed E-state index contributed by atoms with van der Waals surface area (Å²) in [6, 6.07) is 5.88. The molecule has 1 rings (SSSR count). The SMILES string of the molecule is CC(CCBr)NC(=O)c1cc(Br)ccc1I. The Balaban J connectivity index is 2.76. The lowest BCUT2D eigenvalue weighted by Gasteiger charge is -2.13. The third-order valence-electron chi connectivity index (χ3n) is 2.09. The molecule has 0 aliphatic carbocycles. The molecule has 88 valence electrons. The summed E-state index contributed by atoms with van der Waals surface area (Å²) in [5, 5.41) is 3.86. The second-order valence-corrected chi connectivity index (χ2v) is 6.35. The number of carbonyl (C=O) groups excluding carboxylic acids is 1. The van der Waals surface area contributed by atoms with Gasteiger partial charge in [0.2, 0.25) is 0 Å². The first-order valence-corrected chi connectivity index (χ1v) is 7.85. The molecular weight excluding hydrogens is 449 g/mol. The van der Waals surface area contributed by atoms with Crippen LogP contribution in [-0.4, -0.2) is 17.3 Å². The zero-order chi connectivity index (χ0) is 12.1. The Labute approximate surface area is 126 Å². The number of hydrogen-bond donors (Lipinski definition) is 1. The van der Waals surface area contributed by atoms with E-state index in [-0.39, 0.29) is 11.9 Å². The minimum Gasteiger partial charge on any atom is -0.350 e. The summed E-state index contributed by atoms with van der Waals surface area (Å²) in [7, 11) is 0. The predicted molar refractivity (Wildman–Crippen MR) is 82.2 cm³/mol. The van der Waals surface area contributed by atoms with Crippen LogP contribution in [-0.2, 0) is 0 Å². The molecular formula is C11H12Br2INO. The summed E-state index contributed by atoms with van der Waals surface area (Å²) in [4.78, 5) is 12.0. The number of benzene rings is 1. The fourth-order valence-electron chi connectivity index (χ4n) is 1.21. The lowest BCUT2D eigenvalue weighted by Crippen LogP contribution is -2.33. The van der Waals surface area contributed by atoms with Crippen molar-refractivity contribution in [1.82, 2.24) is 5.32 Å². The van der Waals surface area contributed by atoms with Crippen LogP contribution in [0.15, 0.2) is 22.7 Å². The highest BCUT2D eigenvalue weighted by Crippen LogP contribution is 2.18. The molecule has 0 radical (unpaired) electrons. The van der Waals surface area contributed by atoms with Crippen molar-refractivity contribution in [3.63, 3.8) is 0 Å². The van der Waals surface area contributed by atoms with Crippen molar-refractivity contribution in [2.24, 2.45) is 0 Å². The molecule has 1 atom stereocenters. The Bertz CT molecular complexity index is 384. The van der Waals surface area contributed by atoms with Crippen LogP contribution < -0.4 is 5.32 Å². The highest BCUT2D eigenvalue weighted by Gasteiger charge is 2.12. The standard InChI is InChI=1S/C11H12Br2INO/c1-7(4-5-12)15-11(16)9-6-8(13)2-3-10(9)14/h2-3,6-7H,4-5H2,1H3,(H,15,16). The van der Waals surface area contributed by atoms with Gasteiger partial charge in [-0.2, -0.15) is 0 Å². The number of amides is 1. The molecule has 0 aromatic heterocycles. The monoisotopic (exact) mass is 459 g/mol. The lowest BCUT2D eigenvalue weighted by atomic mass is 10.2. The van der Waals surface area contributed by atoms with E-state index in [4.69, 9.17) is 0 Å². The van der Waals surface area contributed by atoms with Crippen molar-refractivity contribution in [2.45, 2.75) is 19.4 Å². The van der Waals surface area contributed by atoms with E-state index in [1.807, 2.05) is 25.1 Å². The first-order valence-electron chi connectivity index (χ1n) is 4.86. The van der Waals surface area contributed by atoms with Gasteiger partial charge >= 0.3 is 0 Å². The van der Waals surface area contributed by atoms with Crippen molar-refractivity contribution in [1.29, 1.82) is 0 Å². The number of rotatable bonds is 4. The van der Waals surface area contributed by atoms with Crippen molar-refractivity contribution in [3.8, 4) is 0 Å². The Morgan fingerprint density at radius 1 is 1.56 bits per heavy atom. The molecule has 0 saturated heterocycles. The summed E-state index contributed by atoms with van der Waals surface area (Å²) >= 11 is 8.90. The van der Waals surface area contributed by atoms with E-state index in [9.17, 15) is 4.79 Å². The molecule has 0 bridgehead atoms. The van der Waals surface area contributed by atoms with Crippen LogP contribution in [0.1, 0.15) is 23.7 Å². The summed E-state index contributed by atoms with van der Waals surface area (Å²) in [6.07, 6.45) is 0.927. The quantitative estimate of drug-likeness (QED) is 0.535. The zero-order valence-corrected chi connectivity index (χ0v) is 14.1.